The second-order valence-electron chi connectivity index (χ2n) is 6.33. The normalized spacial score (nSPS) is 10.9. The number of nitrogens with one attached hydrogen (secondary N) is 1. The Morgan fingerprint density at radius 1 is 1.14 bits per heavy atom. The zero-order valence-corrected chi connectivity index (χ0v) is 15.3. The van der Waals surface area contributed by atoms with E-state index in [1.54, 1.807) is 48.7 Å². The Kier molecular flexibility index (Phi) is 4.85. The first-order valence-corrected chi connectivity index (χ1v) is 8.99. The number of carbonyl (C=O) groups excluding carboxylic acids is 1. The monoisotopic (exact) mass is 378 g/mol. The second kappa shape index (κ2) is 7.60. The summed E-state index contributed by atoms with van der Waals surface area (Å²) < 4.78 is 26.3. The van der Waals surface area contributed by atoms with E-state index in [0.29, 0.717) is 30.1 Å². The summed E-state index contributed by atoms with van der Waals surface area (Å²) in [6.07, 6.45) is 1.57. The third-order valence-corrected chi connectivity index (χ3v) is 4.41. The molecule has 0 aliphatic rings. The largest absolute Gasteiger partial charge is 0.494 e. The summed E-state index contributed by atoms with van der Waals surface area (Å²) in [5, 5.41) is 2.88. The maximum Gasteiger partial charge on any atom is 0.272 e. The van der Waals surface area contributed by atoms with Crippen LogP contribution in [-0.2, 0) is 6.54 Å². The molecule has 142 valence electrons. The highest BCUT2D eigenvalue weighted by Gasteiger charge is 2.18. The maximum absolute atomic E-state index is 13.6. The highest BCUT2D eigenvalue weighted by atomic mass is 19.1. The van der Waals surface area contributed by atoms with Crippen molar-refractivity contribution in [3.05, 3.63) is 84.0 Å². The molecule has 4 rings (SSSR count). The van der Waals surface area contributed by atoms with E-state index in [1.807, 2.05) is 17.6 Å². The van der Waals surface area contributed by atoms with E-state index in [4.69, 9.17) is 9.15 Å². The summed E-state index contributed by atoms with van der Waals surface area (Å²) in [5.41, 5.74) is 3.24. The van der Waals surface area contributed by atoms with E-state index in [0.717, 1.165) is 16.8 Å². The lowest BCUT2D eigenvalue weighted by molar-refractivity contribution is 0.101. The van der Waals surface area contributed by atoms with Crippen LogP contribution in [0.1, 0.15) is 23.0 Å². The van der Waals surface area contributed by atoms with Crippen LogP contribution in [0.25, 0.3) is 11.1 Å². The fraction of sp³-hybridized carbons (Fsp3) is 0.136. The van der Waals surface area contributed by atoms with Crippen LogP contribution in [0.4, 0.5) is 10.1 Å². The first-order valence-electron chi connectivity index (χ1n) is 8.99. The minimum Gasteiger partial charge on any atom is -0.494 e. The average Bonchev–Trinajstić information content (AvgIpc) is 3.26. The highest BCUT2D eigenvalue weighted by Crippen LogP contribution is 2.24. The first-order chi connectivity index (χ1) is 13.6. The summed E-state index contributed by atoms with van der Waals surface area (Å²) in [5.74, 6) is 0.160. The van der Waals surface area contributed by atoms with Gasteiger partial charge < -0.3 is 19.0 Å². The van der Waals surface area contributed by atoms with Crippen LogP contribution in [0.15, 0.2) is 71.3 Å². The second-order valence-corrected chi connectivity index (χ2v) is 6.33. The molecule has 2 aromatic carbocycles. The van der Waals surface area contributed by atoms with Gasteiger partial charge >= 0.3 is 0 Å². The molecule has 0 aliphatic heterocycles. The lowest BCUT2D eigenvalue weighted by atomic mass is 10.2. The molecule has 0 radical (unpaired) electrons. The van der Waals surface area contributed by atoms with Crippen molar-refractivity contribution in [1.29, 1.82) is 0 Å². The highest BCUT2D eigenvalue weighted by molar-refractivity contribution is 6.05. The van der Waals surface area contributed by atoms with E-state index < -0.39 is 0 Å². The zero-order valence-electron chi connectivity index (χ0n) is 15.3. The van der Waals surface area contributed by atoms with Crippen LogP contribution < -0.4 is 10.1 Å². The molecule has 0 spiro atoms. The SMILES string of the molecule is CCOc1ccc(NC(=O)c2cc3occc3n2Cc2cccc(F)c2)cc1. The molecule has 2 heterocycles. The summed E-state index contributed by atoms with van der Waals surface area (Å²) in [6.45, 7) is 2.85. The number of ether oxygens (including phenoxy) is 1. The average molecular weight is 378 g/mol. The lowest BCUT2D eigenvalue weighted by Gasteiger charge is -2.11. The van der Waals surface area contributed by atoms with Gasteiger partial charge in [-0.05, 0) is 48.9 Å². The Bertz CT molecular complexity index is 1110. The number of aromatic nitrogens is 1. The van der Waals surface area contributed by atoms with Gasteiger partial charge in [0.2, 0.25) is 0 Å². The third-order valence-electron chi connectivity index (χ3n) is 4.41. The van der Waals surface area contributed by atoms with Gasteiger partial charge in [0, 0.05) is 24.4 Å². The molecule has 0 fully saturated rings. The maximum atomic E-state index is 13.6. The van der Waals surface area contributed by atoms with Gasteiger partial charge in [-0.3, -0.25) is 4.79 Å². The lowest BCUT2D eigenvalue weighted by Crippen LogP contribution is -2.17. The number of anilines is 1. The minimum atomic E-state index is -0.312. The summed E-state index contributed by atoms with van der Waals surface area (Å²) in [6, 6.07) is 17.0. The molecular formula is C22H19FN2O3. The molecule has 28 heavy (non-hydrogen) atoms. The van der Waals surface area contributed by atoms with Crippen LogP contribution >= 0.6 is 0 Å². The van der Waals surface area contributed by atoms with Crippen molar-refractivity contribution in [1.82, 2.24) is 4.57 Å². The molecule has 0 saturated carbocycles. The van der Waals surface area contributed by atoms with Gasteiger partial charge in [0.15, 0.2) is 5.58 Å². The molecule has 0 saturated heterocycles. The molecule has 2 aromatic heterocycles. The van der Waals surface area contributed by atoms with Crippen molar-refractivity contribution < 1.29 is 18.3 Å². The molecule has 0 atom stereocenters. The molecule has 0 unspecified atom stereocenters. The Balaban J connectivity index is 1.62. The molecule has 1 amide bonds. The number of carbonyl (C=O) groups is 1. The molecule has 5 nitrogen and oxygen atoms in total. The number of furan rings is 1. The first kappa shape index (κ1) is 17.9. The number of fused-ring (bicyclic) bond motifs is 1. The van der Waals surface area contributed by atoms with Crippen molar-refractivity contribution in [3.8, 4) is 5.75 Å². The predicted octanol–water partition coefficient (Wildman–Crippen LogP) is 5.07. The van der Waals surface area contributed by atoms with Crippen molar-refractivity contribution in [2.45, 2.75) is 13.5 Å². The molecule has 0 bridgehead atoms. The van der Waals surface area contributed by atoms with Crippen LogP contribution in [0, 0.1) is 5.82 Å². The fourth-order valence-corrected chi connectivity index (χ4v) is 3.15. The van der Waals surface area contributed by atoms with Gasteiger partial charge in [0.1, 0.15) is 17.3 Å². The Morgan fingerprint density at radius 2 is 1.96 bits per heavy atom. The molecule has 1 N–H and O–H groups in total. The van der Waals surface area contributed by atoms with Crippen LogP contribution in [0.2, 0.25) is 0 Å². The van der Waals surface area contributed by atoms with Crippen molar-refractivity contribution >= 4 is 22.7 Å². The van der Waals surface area contributed by atoms with E-state index in [-0.39, 0.29) is 11.7 Å². The molecule has 4 aromatic rings. The number of amides is 1. The van der Waals surface area contributed by atoms with Gasteiger partial charge in [0.05, 0.1) is 18.4 Å². The van der Waals surface area contributed by atoms with Crippen molar-refractivity contribution in [2.24, 2.45) is 0 Å². The van der Waals surface area contributed by atoms with Crippen LogP contribution in [0.3, 0.4) is 0 Å². The summed E-state index contributed by atoms with van der Waals surface area (Å²) in [7, 11) is 0. The van der Waals surface area contributed by atoms with Crippen LogP contribution in [-0.4, -0.2) is 17.1 Å². The number of rotatable bonds is 6. The topological polar surface area (TPSA) is 56.4 Å². The number of halogens is 1. The third kappa shape index (κ3) is 3.62. The van der Waals surface area contributed by atoms with Gasteiger partial charge in [-0.25, -0.2) is 4.39 Å². The van der Waals surface area contributed by atoms with Gasteiger partial charge in [-0.1, -0.05) is 12.1 Å². The van der Waals surface area contributed by atoms with E-state index in [2.05, 4.69) is 5.32 Å². The van der Waals surface area contributed by atoms with Gasteiger partial charge in [0.25, 0.3) is 5.91 Å². The van der Waals surface area contributed by atoms with Gasteiger partial charge in [-0.15, -0.1) is 0 Å². The Labute approximate surface area is 161 Å². The van der Waals surface area contributed by atoms with Crippen molar-refractivity contribution in [2.75, 3.05) is 11.9 Å². The van der Waals surface area contributed by atoms with Gasteiger partial charge in [-0.2, -0.15) is 0 Å². The standard InChI is InChI=1S/C22H19FN2O3/c1-2-27-18-8-6-17(7-9-18)24-22(26)20-13-21-19(10-11-28-21)25(20)14-15-4-3-5-16(23)12-15/h3-13H,2,14H2,1H3,(H,24,26). The number of hydrogen-bond acceptors (Lipinski definition) is 3. The zero-order chi connectivity index (χ0) is 19.5. The predicted molar refractivity (Wildman–Crippen MR) is 105 cm³/mol. The quantitative estimate of drug-likeness (QED) is 0.509. The summed E-state index contributed by atoms with van der Waals surface area (Å²) in [4.78, 5) is 12.9. The smallest absolute Gasteiger partial charge is 0.272 e. The molecule has 6 heteroatoms. The van der Waals surface area contributed by atoms with E-state index in [1.165, 1.54) is 12.1 Å². The fourth-order valence-electron chi connectivity index (χ4n) is 3.15. The number of hydrogen-bond donors (Lipinski definition) is 1. The Hall–Kier alpha value is -3.54. The van der Waals surface area contributed by atoms with E-state index >= 15 is 0 Å². The van der Waals surface area contributed by atoms with E-state index in [9.17, 15) is 9.18 Å². The molecule has 0 aliphatic carbocycles. The number of benzene rings is 2. The van der Waals surface area contributed by atoms with Crippen molar-refractivity contribution in [3.63, 3.8) is 0 Å². The molecular weight excluding hydrogens is 359 g/mol. The number of nitrogens with zero attached hydrogens (tertiary/aromatic N) is 1. The Morgan fingerprint density at radius 3 is 2.71 bits per heavy atom. The summed E-state index contributed by atoms with van der Waals surface area (Å²) >= 11 is 0. The van der Waals surface area contributed by atoms with Crippen LogP contribution in [0.5, 0.6) is 5.75 Å². The minimum absolute atomic E-state index is 0.271.